The van der Waals surface area contributed by atoms with E-state index in [1.165, 1.54) is 5.69 Å². The maximum absolute atomic E-state index is 11.8. The van der Waals surface area contributed by atoms with Gasteiger partial charge in [-0.15, -0.1) is 0 Å². The lowest BCUT2D eigenvalue weighted by Crippen LogP contribution is -2.36. The molecule has 0 fully saturated rings. The van der Waals surface area contributed by atoms with Gasteiger partial charge >= 0.3 is 0 Å². The SMILES string of the molecule is CCC(C(N)=O)c1ncccc1-c1ccc(N(C(C)C)C(C)C)cc1. The van der Waals surface area contributed by atoms with Crippen LogP contribution in [0.4, 0.5) is 5.69 Å². The molecule has 2 rings (SSSR count). The number of nitrogens with two attached hydrogens (primary N) is 1. The van der Waals surface area contributed by atoms with E-state index in [0.717, 1.165) is 16.8 Å². The lowest BCUT2D eigenvalue weighted by Gasteiger charge is -2.33. The predicted octanol–water partition coefficient (Wildman–Crippen LogP) is 4.35. The van der Waals surface area contributed by atoms with E-state index in [2.05, 4.69) is 61.8 Å². The third-order valence-electron chi connectivity index (χ3n) is 4.51. The number of hydrogen-bond acceptors (Lipinski definition) is 3. The summed E-state index contributed by atoms with van der Waals surface area (Å²) in [7, 11) is 0. The van der Waals surface area contributed by atoms with E-state index >= 15 is 0 Å². The van der Waals surface area contributed by atoms with Crippen molar-refractivity contribution in [1.29, 1.82) is 0 Å². The number of nitrogens with zero attached hydrogens (tertiary/aromatic N) is 2. The molecule has 2 aromatic rings. The molecule has 0 radical (unpaired) electrons. The zero-order valence-corrected chi connectivity index (χ0v) is 15.9. The first-order chi connectivity index (χ1) is 11.9. The van der Waals surface area contributed by atoms with Crippen LogP contribution in [0.3, 0.4) is 0 Å². The molecular formula is C21H29N3O. The Labute approximate surface area is 151 Å². The Kier molecular flexibility index (Phi) is 6.18. The van der Waals surface area contributed by atoms with Crippen molar-refractivity contribution < 1.29 is 4.79 Å². The van der Waals surface area contributed by atoms with Crippen molar-refractivity contribution in [3.63, 3.8) is 0 Å². The van der Waals surface area contributed by atoms with Gasteiger partial charge in [0.25, 0.3) is 0 Å². The predicted molar refractivity (Wildman–Crippen MR) is 105 cm³/mol. The van der Waals surface area contributed by atoms with Crippen LogP contribution in [0.15, 0.2) is 42.6 Å². The number of carbonyl (C=O) groups is 1. The van der Waals surface area contributed by atoms with E-state index in [1.807, 2.05) is 19.1 Å². The van der Waals surface area contributed by atoms with Crippen LogP contribution in [-0.4, -0.2) is 23.0 Å². The summed E-state index contributed by atoms with van der Waals surface area (Å²) in [5.41, 5.74) is 9.55. The summed E-state index contributed by atoms with van der Waals surface area (Å²) in [5.74, 6) is -0.691. The zero-order chi connectivity index (χ0) is 18.6. The standard InChI is InChI=1S/C21H29N3O/c1-6-18(21(22)25)20-19(8-7-13-23-20)16-9-11-17(12-10-16)24(14(2)3)15(4)5/h7-15,18H,6H2,1-5H3,(H2,22,25). The van der Waals surface area contributed by atoms with Crippen LogP contribution in [0.1, 0.15) is 52.7 Å². The molecule has 134 valence electrons. The topological polar surface area (TPSA) is 59.2 Å². The Morgan fingerprint density at radius 2 is 1.68 bits per heavy atom. The quantitative estimate of drug-likeness (QED) is 0.816. The largest absolute Gasteiger partial charge is 0.369 e. The van der Waals surface area contributed by atoms with Crippen molar-refractivity contribution in [2.24, 2.45) is 5.73 Å². The second kappa shape index (κ2) is 8.15. The number of benzene rings is 1. The van der Waals surface area contributed by atoms with Crippen molar-refractivity contribution in [3.05, 3.63) is 48.3 Å². The number of amides is 1. The van der Waals surface area contributed by atoms with Crippen LogP contribution >= 0.6 is 0 Å². The number of pyridine rings is 1. The van der Waals surface area contributed by atoms with E-state index in [9.17, 15) is 4.79 Å². The summed E-state index contributed by atoms with van der Waals surface area (Å²) in [5, 5.41) is 0. The molecule has 0 spiro atoms. The Balaban J connectivity index is 2.43. The molecule has 0 saturated carbocycles. The molecule has 1 unspecified atom stereocenters. The normalized spacial score (nSPS) is 12.4. The molecule has 4 nitrogen and oxygen atoms in total. The van der Waals surface area contributed by atoms with Gasteiger partial charge in [0.2, 0.25) is 5.91 Å². The summed E-state index contributed by atoms with van der Waals surface area (Å²) < 4.78 is 0. The van der Waals surface area contributed by atoms with Crippen LogP contribution < -0.4 is 10.6 Å². The first-order valence-corrected chi connectivity index (χ1v) is 8.99. The molecule has 1 amide bonds. The molecule has 1 atom stereocenters. The minimum absolute atomic E-state index is 0.329. The number of carbonyl (C=O) groups excluding carboxylic acids is 1. The average Bonchev–Trinajstić information content (AvgIpc) is 2.56. The highest BCUT2D eigenvalue weighted by Gasteiger charge is 2.21. The summed E-state index contributed by atoms with van der Waals surface area (Å²) in [6.07, 6.45) is 2.37. The number of anilines is 1. The lowest BCUT2D eigenvalue weighted by atomic mass is 9.93. The first-order valence-electron chi connectivity index (χ1n) is 8.99. The maximum Gasteiger partial charge on any atom is 0.226 e. The van der Waals surface area contributed by atoms with E-state index < -0.39 is 0 Å². The fourth-order valence-electron chi connectivity index (χ4n) is 3.47. The van der Waals surface area contributed by atoms with Crippen molar-refractivity contribution in [1.82, 2.24) is 4.98 Å². The smallest absolute Gasteiger partial charge is 0.226 e. The van der Waals surface area contributed by atoms with Crippen molar-refractivity contribution >= 4 is 11.6 Å². The summed E-state index contributed by atoms with van der Waals surface area (Å²) >= 11 is 0. The number of hydrogen-bond donors (Lipinski definition) is 1. The maximum atomic E-state index is 11.8. The molecule has 1 aromatic heterocycles. The van der Waals surface area contributed by atoms with Crippen molar-refractivity contribution in [2.45, 2.75) is 59.0 Å². The van der Waals surface area contributed by atoms with Crippen LogP contribution in [-0.2, 0) is 4.79 Å². The molecule has 4 heteroatoms. The van der Waals surface area contributed by atoms with Crippen LogP contribution in [0.2, 0.25) is 0 Å². The van der Waals surface area contributed by atoms with Gasteiger partial charge in [-0.1, -0.05) is 25.1 Å². The van der Waals surface area contributed by atoms with E-state index in [4.69, 9.17) is 5.73 Å². The molecule has 1 aromatic carbocycles. The molecule has 1 heterocycles. The van der Waals surface area contributed by atoms with Crippen LogP contribution in [0.5, 0.6) is 0 Å². The van der Waals surface area contributed by atoms with E-state index in [0.29, 0.717) is 18.5 Å². The minimum atomic E-state index is -0.362. The van der Waals surface area contributed by atoms with Crippen molar-refractivity contribution in [2.75, 3.05) is 4.90 Å². The highest BCUT2D eigenvalue weighted by Crippen LogP contribution is 2.31. The van der Waals surface area contributed by atoms with Gasteiger partial charge in [-0.05, 0) is 57.9 Å². The Morgan fingerprint density at radius 3 is 2.16 bits per heavy atom. The third-order valence-corrected chi connectivity index (χ3v) is 4.51. The van der Waals surface area contributed by atoms with E-state index in [1.54, 1.807) is 6.20 Å². The second-order valence-electron chi connectivity index (χ2n) is 6.94. The molecule has 2 N–H and O–H groups in total. The fourth-order valence-corrected chi connectivity index (χ4v) is 3.47. The summed E-state index contributed by atoms with van der Waals surface area (Å²) in [4.78, 5) is 18.6. The first kappa shape index (κ1) is 19.0. The zero-order valence-electron chi connectivity index (χ0n) is 15.9. The van der Waals surface area contributed by atoms with Gasteiger partial charge in [-0.25, -0.2) is 0 Å². The number of aromatic nitrogens is 1. The van der Waals surface area contributed by atoms with Gasteiger partial charge < -0.3 is 10.6 Å². The van der Waals surface area contributed by atoms with Gasteiger partial charge in [-0.3, -0.25) is 9.78 Å². The molecule has 0 saturated heterocycles. The second-order valence-corrected chi connectivity index (χ2v) is 6.94. The van der Waals surface area contributed by atoms with Gasteiger partial charge in [0.1, 0.15) is 0 Å². The minimum Gasteiger partial charge on any atom is -0.369 e. The third kappa shape index (κ3) is 4.19. The van der Waals surface area contributed by atoms with Gasteiger partial charge in [0.05, 0.1) is 11.6 Å². The highest BCUT2D eigenvalue weighted by molar-refractivity contribution is 5.84. The van der Waals surface area contributed by atoms with Gasteiger partial charge in [-0.2, -0.15) is 0 Å². The average molecular weight is 339 g/mol. The molecule has 0 bridgehead atoms. The Bertz CT molecular complexity index is 699. The Hall–Kier alpha value is -2.36. The summed E-state index contributed by atoms with van der Waals surface area (Å²) in [6.45, 7) is 10.8. The van der Waals surface area contributed by atoms with Crippen molar-refractivity contribution in [3.8, 4) is 11.1 Å². The lowest BCUT2D eigenvalue weighted by molar-refractivity contribution is -0.119. The van der Waals surface area contributed by atoms with Gasteiger partial charge in [0.15, 0.2) is 0 Å². The highest BCUT2D eigenvalue weighted by atomic mass is 16.1. The summed E-state index contributed by atoms with van der Waals surface area (Å²) in [6, 6.07) is 13.2. The molecule has 0 aliphatic rings. The number of primary amides is 1. The fraction of sp³-hybridized carbons (Fsp3) is 0.429. The molecular weight excluding hydrogens is 310 g/mol. The molecule has 25 heavy (non-hydrogen) atoms. The molecule has 0 aliphatic heterocycles. The Morgan fingerprint density at radius 1 is 1.08 bits per heavy atom. The molecule has 0 aliphatic carbocycles. The van der Waals surface area contributed by atoms with Gasteiger partial charge in [0, 0.05) is 29.5 Å². The van der Waals surface area contributed by atoms with Crippen LogP contribution in [0.25, 0.3) is 11.1 Å². The number of rotatable bonds is 7. The van der Waals surface area contributed by atoms with E-state index in [-0.39, 0.29) is 11.8 Å². The monoisotopic (exact) mass is 339 g/mol. The van der Waals surface area contributed by atoms with Crippen LogP contribution in [0, 0.1) is 0 Å².